The summed E-state index contributed by atoms with van der Waals surface area (Å²) in [6.07, 6.45) is -2.74. The molecule has 0 radical (unpaired) electrons. The Kier molecular flexibility index (Phi) is 11.1. The lowest BCUT2D eigenvalue weighted by Crippen LogP contribution is -2.45. The highest BCUT2D eigenvalue weighted by molar-refractivity contribution is 6.43. The topological polar surface area (TPSA) is 19.4 Å². The summed E-state index contributed by atoms with van der Waals surface area (Å²) in [5.41, 5.74) is -1.17. The molecule has 3 atom stereocenters. The first kappa shape index (κ1) is 35.0. The smallest absolute Gasteiger partial charge is 0.147 e. The number of allylic oxidation sites excluding steroid dienone is 2. The van der Waals surface area contributed by atoms with Gasteiger partial charge in [-0.25, -0.2) is 0 Å². The van der Waals surface area contributed by atoms with Crippen molar-refractivity contribution in [1.29, 1.82) is 0 Å². The van der Waals surface area contributed by atoms with Crippen molar-refractivity contribution >= 4 is 127 Å². The molecule has 3 aliphatic heterocycles. The van der Waals surface area contributed by atoms with Crippen LogP contribution in [0.1, 0.15) is 179 Å². The van der Waals surface area contributed by atoms with Crippen LogP contribution in [0.3, 0.4) is 0 Å². The van der Waals surface area contributed by atoms with Crippen LogP contribution in [-0.2, 0) is 0 Å². The zero-order valence-electron chi connectivity index (χ0n) is 81.7. The van der Waals surface area contributed by atoms with Crippen LogP contribution in [0.4, 0.5) is 34.1 Å². The van der Waals surface area contributed by atoms with Crippen LogP contribution in [0.2, 0.25) is 20.1 Å². The van der Waals surface area contributed by atoms with E-state index < -0.39 is 187 Å². The van der Waals surface area contributed by atoms with E-state index >= 15 is 0 Å². The van der Waals surface area contributed by atoms with Gasteiger partial charge in [0.1, 0.15) is 39.1 Å². The Balaban J connectivity index is 0.000000243. The Hall–Kier alpha value is -4.34. The molecule has 3 heterocycles. The van der Waals surface area contributed by atoms with E-state index in [9.17, 15) is 0 Å². The van der Waals surface area contributed by atoms with Crippen LogP contribution in [0, 0.1) is 114 Å². The molecule has 14 heteroatoms. The zero-order chi connectivity index (χ0) is 90.7. The van der Waals surface area contributed by atoms with Gasteiger partial charge in [0, 0.05) is 94.4 Å². The first-order valence-electron chi connectivity index (χ1n) is 42.7. The van der Waals surface area contributed by atoms with Crippen molar-refractivity contribution in [3.8, 4) is 0 Å². The maximum atomic E-state index is 8.61. The van der Waals surface area contributed by atoms with Crippen molar-refractivity contribution in [3.05, 3.63) is 203 Å². The lowest BCUT2D eigenvalue weighted by molar-refractivity contribution is 0.491. The fourth-order valence-corrected chi connectivity index (χ4v) is 13.1. The van der Waals surface area contributed by atoms with Gasteiger partial charge in [0.2, 0.25) is 0 Å². The highest BCUT2D eigenvalue weighted by Crippen LogP contribution is 2.51. The van der Waals surface area contributed by atoms with Gasteiger partial charge in [-0.15, -0.1) is 0 Å². The van der Waals surface area contributed by atoms with Gasteiger partial charge in [0.25, 0.3) is 0 Å². The molecule has 450 valence electrons. The van der Waals surface area contributed by atoms with Crippen LogP contribution in [0.15, 0.2) is 105 Å². The second kappa shape index (κ2) is 26.6. The third kappa shape index (κ3) is 13.0. The van der Waals surface area contributed by atoms with E-state index in [1.165, 1.54) is 40.4 Å². The molecular formula is C70H84Cl8N6. The van der Waals surface area contributed by atoms with E-state index in [1.54, 1.807) is 74.1 Å². The molecule has 0 amide bonds. The summed E-state index contributed by atoms with van der Waals surface area (Å²) in [6, 6.07) is -4.79. The first-order chi connectivity index (χ1) is 52.7. The van der Waals surface area contributed by atoms with Crippen molar-refractivity contribution in [2.75, 3.05) is 29.4 Å². The number of rotatable bonds is 9. The van der Waals surface area contributed by atoms with E-state index in [0.29, 0.717) is 45.0 Å². The molecule has 3 unspecified atom stereocenters. The van der Waals surface area contributed by atoms with Crippen LogP contribution in [0.5, 0.6) is 0 Å². The van der Waals surface area contributed by atoms with Gasteiger partial charge in [0.05, 0.1) is 16.4 Å². The normalized spacial score (nSPS) is 24.1. The minimum absolute atomic E-state index is 0.0107. The molecule has 9 rings (SSSR count). The zero-order valence-corrected chi connectivity index (χ0v) is 54.7. The molecule has 0 spiro atoms. The van der Waals surface area contributed by atoms with Gasteiger partial charge in [-0.05, 0) is 243 Å². The van der Waals surface area contributed by atoms with Crippen molar-refractivity contribution in [1.82, 2.24) is 0 Å². The van der Waals surface area contributed by atoms with Crippen molar-refractivity contribution in [2.45, 2.75) is 170 Å². The lowest BCUT2D eigenvalue weighted by Gasteiger charge is -2.40. The summed E-state index contributed by atoms with van der Waals surface area (Å²) in [5, 5.41) is -2.06. The first-order valence-corrected chi connectivity index (χ1v) is 29.2. The Morgan fingerprint density at radius 2 is 0.476 bits per heavy atom. The predicted molar refractivity (Wildman–Crippen MR) is 372 cm³/mol. The standard InChI is InChI=1S/2C24H30Cl2N2.C22H24Cl4N2/c1-13(2)24-27(22-14(3)9-20(25)10-15(22)4)18(7)19(8)28(24)23-16(5)11-21(26)12-17(23)6;1-13(2)24-27(20-16(5)9-14(3)10-17(20)6)22(25)23(26)28(24)21-18(7)11-15(4)12-19(21)8;1-11(2)22-27(18-12(3)7-16(23)8-13(18)4)20(25)21(26)28(22)19-14(5)9-17(24)10-15(19)6/h2*9-13,24H,1-8H3;7-11,22H,1-6H3/i3D3,4D3,9D,10D,11D,12D;3D3,7D3,8D3,9D,10D,11D,12D;3D3,4D3,7D,8D,9D,10D. The summed E-state index contributed by atoms with van der Waals surface area (Å²) in [4.78, 5) is 8.75. The maximum Gasteiger partial charge on any atom is 0.147 e. The monoisotopic (exact) mass is 1320 g/mol. The summed E-state index contributed by atoms with van der Waals surface area (Å²) in [6.45, 7) is 4.62. The van der Waals surface area contributed by atoms with Gasteiger partial charge in [-0.2, -0.15) is 0 Å². The SMILES string of the molecule is [2H]c1c(C)c(N2C(C)=C(C)N(c3c(C([2H])([2H])[2H])c([2H])c(Cl)c([2H])c3C([2H])([2H])[2H])C2C(C)C)c(C)c([2H])c1Cl.[2H]c1c(C)c(N2C(Cl)=C(Cl)N(c3c(C([2H])([2H])[2H])c([2H])c(C)c([2H])c3C([2H])([2H])[2H])C2C(C)C)c(C)c([2H])c1C([2H])([2H])[2H].[2H]c1c(C)c(N2C(Cl)=C(Cl)N(c3c(C([2H])([2H])[2H])c([2H])c(Cl)c([2H])c3C([2H])([2H])[2H])C2C(C)C)c(C)c([2H])c1Cl. The summed E-state index contributed by atoms with van der Waals surface area (Å²) >= 11 is 51.8. The average molecular weight is 1330 g/mol. The van der Waals surface area contributed by atoms with E-state index in [2.05, 4.69) is 0 Å². The molecule has 6 nitrogen and oxygen atoms in total. The van der Waals surface area contributed by atoms with E-state index in [1.807, 2.05) is 18.7 Å². The highest BCUT2D eigenvalue weighted by Gasteiger charge is 2.45. The van der Waals surface area contributed by atoms with Crippen molar-refractivity contribution in [2.24, 2.45) is 17.8 Å². The fourth-order valence-electron chi connectivity index (χ4n) is 11.0. The number of hydrogen-bond acceptors (Lipinski definition) is 6. The molecule has 3 aliphatic rings. The molecule has 6 aromatic carbocycles. The van der Waals surface area contributed by atoms with Crippen molar-refractivity contribution in [3.63, 3.8) is 0 Å². The van der Waals surface area contributed by atoms with E-state index in [4.69, 9.17) is 138 Å². The quantitative estimate of drug-likeness (QED) is 0.133. The molecule has 0 bridgehead atoms. The van der Waals surface area contributed by atoms with Crippen LogP contribution < -0.4 is 29.4 Å². The largest absolute Gasteiger partial charge is 0.322 e. The lowest BCUT2D eigenvalue weighted by atomic mass is 10.00. The Morgan fingerprint density at radius 1 is 0.286 bits per heavy atom. The van der Waals surface area contributed by atoms with E-state index in [-0.39, 0.29) is 88.8 Å². The average Bonchev–Trinajstić information content (AvgIpc) is 1.64. The Morgan fingerprint density at radius 3 is 0.726 bits per heavy atom. The van der Waals surface area contributed by atoms with Crippen molar-refractivity contribution < 1.29 is 45.2 Å². The second-order valence-electron chi connectivity index (χ2n) is 21.4. The molecule has 84 heavy (non-hydrogen) atoms. The van der Waals surface area contributed by atoms with Gasteiger partial charge < -0.3 is 29.4 Å². The third-order valence-electron chi connectivity index (χ3n) is 14.2. The minimum Gasteiger partial charge on any atom is -0.322 e. The number of nitrogens with zero attached hydrogens (tertiary/aromatic N) is 6. The number of anilines is 6. The van der Waals surface area contributed by atoms with Gasteiger partial charge >= 0.3 is 0 Å². The van der Waals surface area contributed by atoms with Crippen LogP contribution in [-0.4, -0.2) is 18.5 Å². The number of benzene rings is 6. The molecule has 0 saturated carbocycles. The number of hydrogen-bond donors (Lipinski definition) is 0. The second-order valence-corrected chi connectivity index (χ2v) is 24.3. The fraction of sp³-hybridized carbons (Fsp3) is 0.400. The molecule has 0 aromatic heterocycles. The molecule has 0 fully saturated rings. The highest BCUT2D eigenvalue weighted by atomic mass is 35.5. The Labute approximate surface area is 589 Å². The maximum absolute atomic E-state index is 8.61. The summed E-state index contributed by atoms with van der Waals surface area (Å²) in [5.74, 6) is -1.16. The van der Waals surface area contributed by atoms with E-state index in [0.717, 1.165) is 0 Å². The third-order valence-corrected chi connectivity index (χ3v) is 16.6. The molecule has 0 saturated heterocycles. The van der Waals surface area contributed by atoms with Gasteiger partial charge in [0.15, 0.2) is 0 Å². The number of halogens is 8. The van der Waals surface area contributed by atoms with Gasteiger partial charge in [-0.3, -0.25) is 0 Å². The van der Waals surface area contributed by atoms with Crippen LogP contribution in [0.25, 0.3) is 0 Å². The summed E-state index contributed by atoms with van der Waals surface area (Å²) in [7, 11) is 0. The molecule has 0 aliphatic carbocycles. The minimum atomic E-state index is -3.02. The van der Waals surface area contributed by atoms with Crippen LogP contribution >= 0.6 is 92.8 Å². The Bertz CT molecular complexity index is 4720. The predicted octanol–water partition coefficient (Wildman–Crippen LogP) is 23.4. The molecule has 0 N–H and O–H groups in total. The summed E-state index contributed by atoms with van der Waals surface area (Å²) < 4.78 is 273. The van der Waals surface area contributed by atoms with Gasteiger partial charge in [-0.1, -0.05) is 170 Å². The molecular weight excluding hydrogens is 1210 g/mol. The molecule has 6 aromatic rings.